The summed E-state index contributed by atoms with van der Waals surface area (Å²) in [6, 6.07) is 6.35. The number of hydrogen-bond donors (Lipinski definition) is 1. The maximum Gasteiger partial charge on any atom is 0.227 e. The Balaban J connectivity index is 1.76. The van der Waals surface area contributed by atoms with Crippen LogP contribution in [0.25, 0.3) is 11.1 Å². The summed E-state index contributed by atoms with van der Waals surface area (Å²) in [5.74, 6) is 0.164. The van der Waals surface area contributed by atoms with E-state index in [0.29, 0.717) is 6.42 Å². The van der Waals surface area contributed by atoms with Gasteiger partial charge in [0.2, 0.25) is 11.8 Å². The minimum absolute atomic E-state index is 0.00487. The van der Waals surface area contributed by atoms with Crippen LogP contribution in [0.1, 0.15) is 48.9 Å². The largest absolute Gasteiger partial charge is 0.349 e. The maximum atomic E-state index is 11.9. The zero-order chi connectivity index (χ0) is 18.3. The van der Waals surface area contributed by atoms with Crippen molar-refractivity contribution < 1.29 is 9.59 Å². The molecule has 0 saturated carbocycles. The van der Waals surface area contributed by atoms with E-state index < -0.39 is 0 Å². The number of fused-ring (bicyclic) bond motifs is 2. The Bertz CT molecular complexity index is 891. The second-order valence-electron chi connectivity index (χ2n) is 7.20. The fourth-order valence-corrected chi connectivity index (χ4v) is 4.19. The van der Waals surface area contributed by atoms with Gasteiger partial charge in [0, 0.05) is 44.0 Å². The second kappa shape index (κ2) is 6.56. The quantitative estimate of drug-likeness (QED) is 0.906. The van der Waals surface area contributed by atoms with E-state index in [-0.39, 0.29) is 17.9 Å². The van der Waals surface area contributed by atoms with E-state index in [1.54, 1.807) is 11.8 Å². The molecule has 1 unspecified atom stereocenters. The molecule has 2 heterocycles. The summed E-state index contributed by atoms with van der Waals surface area (Å²) in [6.07, 6.45) is 8.16. The van der Waals surface area contributed by atoms with Crippen LogP contribution in [0, 0.1) is 0 Å². The molecule has 134 valence electrons. The molecule has 0 fully saturated rings. The van der Waals surface area contributed by atoms with Crippen LogP contribution in [0.3, 0.4) is 0 Å². The van der Waals surface area contributed by atoms with E-state index >= 15 is 0 Å². The van der Waals surface area contributed by atoms with E-state index in [4.69, 9.17) is 0 Å². The molecule has 2 aromatic rings. The van der Waals surface area contributed by atoms with Crippen molar-refractivity contribution in [2.24, 2.45) is 0 Å². The average molecular weight is 349 g/mol. The number of aromatic nitrogens is 1. The highest BCUT2D eigenvalue weighted by Crippen LogP contribution is 2.37. The lowest BCUT2D eigenvalue weighted by Crippen LogP contribution is -2.31. The summed E-state index contributed by atoms with van der Waals surface area (Å²) >= 11 is 0. The Morgan fingerprint density at radius 3 is 2.88 bits per heavy atom. The number of aryl methyl sites for hydroxylation is 1. The van der Waals surface area contributed by atoms with Crippen molar-refractivity contribution in [3.63, 3.8) is 0 Å². The van der Waals surface area contributed by atoms with Crippen LogP contribution in [0.4, 0.5) is 5.69 Å². The predicted octanol–water partition coefficient (Wildman–Crippen LogP) is 3.17. The third-order valence-electron chi connectivity index (χ3n) is 5.50. The van der Waals surface area contributed by atoms with Crippen LogP contribution in [-0.4, -0.2) is 23.8 Å². The molecule has 0 bridgehead atoms. The minimum Gasteiger partial charge on any atom is -0.349 e. The van der Waals surface area contributed by atoms with Crippen LogP contribution in [0.15, 0.2) is 30.6 Å². The van der Waals surface area contributed by atoms with Gasteiger partial charge >= 0.3 is 0 Å². The fourth-order valence-electron chi connectivity index (χ4n) is 4.19. The van der Waals surface area contributed by atoms with Gasteiger partial charge in [0.05, 0.1) is 6.04 Å². The maximum absolute atomic E-state index is 11.9. The van der Waals surface area contributed by atoms with E-state index in [2.05, 4.69) is 22.4 Å². The molecule has 2 amide bonds. The molecule has 0 saturated heterocycles. The highest BCUT2D eigenvalue weighted by molar-refractivity contribution is 5.96. The SMILES string of the molecule is CC(=O)NC1CCCc2c(-c3ccc4c(c3)CCC(=O)N4C)cncc21. The lowest BCUT2D eigenvalue weighted by Gasteiger charge is -2.28. The van der Waals surface area contributed by atoms with E-state index in [1.807, 2.05) is 25.5 Å². The van der Waals surface area contributed by atoms with Crippen LogP contribution in [0.5, 0.6) is 0 Å². The molecule has 2 aliphatic rings. The van der Waals surface area contributed by atoms with Gasteiger partial charge in [-0.1, -0.05) is 6.07 Å². The average Bonchev–Trinajstić information content (AvgIpc) is 2.64. The van der Waals surface area contributed by atoms with Gasteiger partial charge in [-0.05, 0) is 60.1 Å². The Kier molecular flexibility index (Phi) is 4.23. The normalized spacial score (nSPS) is 18.9. The molecule has 0 radical (unpaired) electrons. The van der Waals surface area contributed by atoms with Crippen molar-refractivity contribution in [2.45, 2.75) is 45.1 Å². The van der Waals surface area contributed by atoms with E-state index in [9.17, 15) is 9.59 Å². The predicted molar refractivity (Wildman–Crippen MR) is 101 cm³/mol. The smallest absolute Gasteiger partial charge is 0.227 e. The van der Waals surface area contributed by atoms with Crippen molar-refractivity contribution in [2.75, 3.05) is 11.9 Å². The molecular weight excluding hydrogens is 326 g/mol. The van der Waals surface area contributed by atoms with E-state index in [0.717, 1.165) is 48.1 Å². The van der Waals surface area contributed by atoms with Gasteiger partial charge in [0.15, 0.2) is 0 Å². The summed E-state index contributed by atoms with van der Waals surface area (Å²) in [7, 11) is 1.84. The van der Waals surface area contributed by atoms with Gasteiger partial charge in [-0.25, -0.2) is 0 Å². The third-order valence-corrected chi connectivity index (χ3v) is 5.50. The number of hydrogen-bond acceptors (Lipinski definition) is 3. The van der Waals surface area contributed by atoms with Gasteiger partial charge < -0.3 is 10.2 Å². The van der Waals surface area contributed by atoms with Crippen LogP contribution in [0.2, 0.25) is 0 Å². The molecule has 1 aliphatic heterocycles. The van der Waals surface area contributed by atoms with Crippen LogP contribution in [-0.2, 0) is 22.4 Å². The number of benzene rings is 1. The number of nitrogens with zero attached hydrogens (tertiary/aromatic N) is 2. The first-order chi connectivity index (χ1) is 12.5. The second-order valence-corrected chi connectivity index (χ2v) is 7.20. The third kappa shape index (κ3) is 2.87. The summed E-state index contributed by atoms with van der Waals surface area (Å²) in [4.78, 5) is 29.6. The van der Waals surface area contributed by atoms with Crippen LogP contribution < -0.4 is 10.2 Å². The summed E-state index contributed by atoms with van der Waals surface area (Å²) in [6.45, 7) is 1.56. The van der Waals surface area contributed by atoms with Crippen molar-refractivity contribution in [3.8, 4) is 11.1 Å². The van der Waals surface area contributed by atoms with Gasteiger partial charge in [-0.3, -0.25) is 14.6 Å². The standard InChI is InChI=1S/C21H23N3O2/c1-13(25)23-19-5-3-4-16-17(11-22-12-18(16)19)14-6-8-20-15(10-14)7-9-21(26)24(20)2/h6,8,10-12,19H,3-5,7,9H2,1-2H3,(H,23,25). The Hall–Kier alpha value is -2.69. The highest BCUT2D eigenvalue weighted by atomic mass is 16.2. The monoisotopic (exact) mass is 349 g/mol. The van der Waals surface area contributed by atoms with Gasteiger partial charge in [-0.15, -0.1) is 0 Å². The molecular formula is C21H23N3O2. The molecule has 5 heteroatoms. The Labute approximate surface area is 153 Å². The molecule has 1 aromatic carbocycles. The lowest BCUT2D eigenvalue weighted by atomic mass is 9.84. The molecule has 0 spiro atoms. The fraction of sp³-hybridized carbons (Fsp3) is 0.381. The lowest BCUT2D eigenvalue weighted by molar-refractivity contribution is -0.120. The molecule has 5 nitrogen and oxygen atoms in total. The Morgan fingerprint density at radius 2 is 2.08 bits per heavy atom. The number of anilines is 1. The minimum atomic E-state index is -0.00487. The molecule has 1 N–H and O–H groups in total. The first-order valence-corrected chi connectivity index (χ1v) is 9.18. The first-order valence-electron chi connectivity index (χ1n) is 9.18. The first kappa shape index (κ1) is 16.8. The van der Waals surface area contributed by atoms with Crippen molar-refractivity contribution in [3.05, 3.63) is 47.3 Å². The zero-order valence-corrected chi connectivity index (χ0v) is 15.2. The van der Waals surface area contributed by atoms with Crippen molar-refractivity contribution in [1.82, 2.24) is 10.3 Å². The van der Waals surface area contributed by atoms with Gasteiger partial charge in [-0.2, -0.15) is 0 Å². The summed E-state index contributed by atoms with van der Waals surface area (Å²) in [5.41, 5.74) is 6.90. The Morgan fingerprint density at radius 1 is 1.23 bits per heavy atom. The van der Waals surface area contributed by atoms with Crippen LogP contribution >= 0.6 is 0 Å². The van der Waals surface area contributed by atoms with Gasteiger partial charge in [0.1, 0.15) is 0 Å². The number of carbonyl (C=O) groups excluding carboxylic acids is 2. The van der Waals surface area contributed by atoms with E-state index in [1.165, 1.54) is 11.1 Å². The van der Waals surface area contributed by atoms with Crippen molar-refractivity contribution >= 4 is 17.5 Å². The topological polar surface area (TPSA) is 62.3 Å². The molecule has 4 rings (SSSR count). The molecule has 1 aromatic heterocycles. The number of rotatable bonds is 2. The zero-order valence-electron chi connectivity index (χ0n) is 15.2. The molecule has 1 atom stereocenters. The molecule has 26 heavy (non-hydrogen) atoms. The highest BCUT2D eigenvalue weighted by Gasteiger charge is 2.25. The van der Waals surface area contributed by atoms with Gasteiger partial charge in [0.25, 0.3) is 0 Å². The number of carbonyl (C=O) groups is 2. The van der Waals surface area contributed by atoms with Crippen molar-refractivity contribution in [1.29, 1.82) is 0 Å². The summed E-state index contributed by atoms with van der Waals surface area (Å²) < 4.78 is 0. The number of pyridine rings is 1. The number of nitrogens with one attached hydrogen (secondary N) is 1. The summed E-state index contributed by atoms with van der Waals surface area (Å²) in [5, 5.41) is 3.05. The molecule has 1 aliphatic carbocycles. The number of amides is 2.